The first-order valence-corrected chi connectivity index (χ1v) is 6.60. The number of ether oxygens (including phenoxy) is 1. The number of H-pyrrole nitrogens is 1. The number of aromatic nitrogens is 2. The maximum atomic E-state index is 13.5. The van der Waals surface area contributed by atoms with E-state index >= 15 is 0 Å². The molecule has 0 radical (unpaired) electrons. The molecular weight excluding hydrogens is 327 g/mol. The summed E-state index contributed by atoms with van der Waals surface area (Å²) in [5.41, 5.74) is 1.93. The summed E-state index contributed by atoms with van der Waals surface area (Å²) in [6, 6.07) is 7.94. The second-order valence-corrected chi connectivity index (χ2v) is 5.11. The molecule has 3 aromatic rings. The molecule has 0 amide bonds. The minimum absolute atomic E-state index is 0.0258. The molecule has 0 unspecified atom stereocenters. The lowest BCUT2D eigenvalue weighted by atomic mass is 10.2. The van der Waals surface area contributed by atoms with Crippen molar-refractivity contribution < 1.29 is 14.2 Å². The number of halogens is 2. The topological polar surface area (TPSA) is 58.1 Å². The highest BCUT2D eigenvalue weighted by Crippen LogP contribution is 2.31. The van der Waals surface area contributed by atoms with Crippen molar-refractivity contribution in [1.82, 2.24) is 9.97 Å². The summed E-state index contributed by atoms with van der Waals surface area (Å²) in [7, 11) is 1.48. The third kappa shape index (κ3) is 2.12. The molecule has 6 heteroatoms. The van der Waals surface area contributed by atoms with Crippen molar-refractivity contribution in [1.29, 1.82) is 0 Å². The van der Waals surface area contributed by atoms with Gasteiger partial charge in [0.2, 0.25) is 0 Å². The molecular formula is C14H10BrFN2O2. The van der Waals surface area contributed by atoms with Gasteiger partial charge in [-0.2, -0.15) is 0 Å². The molecule has 0 atom stereocenters. The summed E-state index contributed by atoms with van der Waals surface area (Å²) in [6.07, 6.45) is 0. The number of hydrogen-bond acceptors (Lipinski definition) is 3. The Bertz CT molecular complexity index is 762. The van der Waals surface area contributed by atoms with Crippen molar-refractivity contribution in [2.75, 3.05) is 7.11 Å². The standard InChI is InChI=1S/C14H10BrFN2O2/c1-20-13-3-2-7(4-12(13)19)14-17-10-5-8(15)9(16)6-11(10)18-14/h2-6,19H,1H3,(H,17,18). The summed E-state index contributed by atoms with van der Waals surface area (Å²) in [5.74, 6) is 0.609. The van der Waals surface area contributed by atoms with Gasteiger partial charge < -0.3 is 14.8 Å². The minimum atomic E-state index is -0.356. The van der Waals surface area contributed by atoms with Crippen LogP contribution in [0.15, 0.2) is 34.8 Å². The van der Waals surface area contributed by atoms with E-state index in [9.17, 15) is 9.50 Å². The molecule has 2 N–H and O–H groups in total. The molecule has 1 aromatic heterocycles. The minimum Gasteiger partial charge on any atom is -0.504 e. The van der Waals surface area contributed by atoms with Gasteiger partial charge in [-0.05, 0) is 40.2 Å². The quantitative estimate of drug-likeness (QED) is 0.747. The van der Waals surface area contributed by atoms with Gasteiger partial charge in [0, 0.05) is 11.6 Å². The number of fused-ring (bicyclic) bond motifs is 1. The number of imidazole rings is 1. The SMILES string of the molecule is COc1ccc(-c2nc3cc(Br)c(F)cc3[nH]2)cc1O. The number of phenolic OH excluding ortho intramolecular Hbond substituents is 1. The summed E-state index contributed by atoms with van der Waals surface area (Å²) in [4.78, 5) is 7.40. The molecule has 20 heavy (non-hydrogen) atoms. The average Bonchev–Trinajstić information content (AvgIpc) is 2.82. The van der Waals surface area contributed by atoms with E-state index < -0.39 is 0 Å². The van der Waals surface area contributed by atoms with Crippen molar-refractivity contribution >= 4 is 27.0 Å². The zero-order valence-electron chi connectivity index (χ0n) is 10.4. The molecule has 0 fully saturated rings. The number of aromatic hydroxyl groups is 1. The van der Waals surface area contributed by atoms with E-state index in [2.05, 4.69) is 25.9 Å². The highest BCUT2D eigenvalue weighted by Gasteiger charge is 2.10. The van der Waals surface area contributed by atoms with Crippen LogP contribution in [0.2, 0.25) is 0 Å². The number of methoxy groups -OCH3 is 1. The number of aromatic amines is 1. The monoisotopic (exact) mass is 336 g/mol. The first kappa shape index (κ1) is 12.9. The van der Waals surface area contributed by atoms with E-state index in [0.717, 1.165) is 0 Å². The second kappa shape index (κ2) is 4.79. The number of phenols is 1. The van der Waals surface area contributed by atoms with Crippen LogP contribution in [0.4, 0.5) is 4.39 Å². The predicted octanol–water partition coefficient (Wildman–Crippen LogP) is 3.85. The van der Waals surface area contributed by atoms with E-state index in [0.29, 0.717) is 32.6 Å². The van der Waals surface area contributed by atoms with Crippen molar-refractivity contribution in [2.45, 2.75) is 0 Å². The van der Waals surface area contributed by atoms with E-state index in [1.165, 1.54) is 13.2 Å². The molecule has 0 spiro atoms. The van der Waals surface area contributed by atoms with Crippen LogP contribution in [0.5, 0.6) is 11.5 Å². The van der Waals surface area contributed by atoms with Gasteiger partial charge in [0.15, 0.2) is 11.5 Å². The highest BCUT2D eigenvalue weighted by atomic mass is 79.9. The Morgan fingerprint density at radius 1 is 1.30 bits per heavy atom. The van der Waals surface area contributed by atoms with Crippen molar-refractivity contribution in [3.05, 3.63) is 40.6 Å². The van der Waals surface area contributed by atoms with E-state index in [4.69, 9.17) is 4.74 Å². The molecule has 0 bridgehead atoms. The number of hydrogen-bond donors (Lipinski definition) is 2. The Morgan fingerprint density at radius 2 is 2.10 bits per heavy atom. The Balaban J connectivity index is 2.12. The molecule has 102 valence electrons. The van der Waals surface area contributed by atoms with Gasteiger partial charge in [-0.1, -0.05) is 0 Å². The van der Waals surface area contributed by atoms with E-state index in [1.54, 1.807) is 24.3 Å². The van der Waals surface area contributed by atoms with Crippen molar-refractivity contribution in [2.24, 2.45) is 0 Å². The molecule has 0 saturated heterocycles. The zero-order valence-corrected chi connectivity index (χ0v) is 12.0. The highest BCUT2D eigenvalue weighted by molar-refractivity contribution is 9.10. The fourth-order valence-electron chi connectivity index (χ4n) is 1.98. The van der Waals surface area contributed by atoms with Crippen molar-refractivity contribution in [3.63, 3.8) is 0 Å². The third-order valence-electron chi connectivity index (χ3n) is 2.98. The van der Waals surface area contributed by atoms with E-state index in [1.807, 2.05) is 0 Å². The zero-order chi connectivity index (χ0) is 14.3. The molecule has 0 saturated carbocycles. The van der Waals surface area contributed by atoms with Crippen LogP contribution in [-0.4, -0.2) is 22.2 Å². The molecule has 0 aliphatic heterocycles. The maximum Gasteiger partial charge on any atom is 0.160 e. The Morgan fingerprint density at radius 3 is 2.80 bits per heavy atom. The summed E-state index contributed by atoms with van der Waals surface area (Å²) < 4.78 is 18.8. The lowest BCUT2D eigenvalue weighted by Gasteiger charge is -2.04. The van der Waals surface area contributed by atoms with Gasteiger partial charge in [0.05, 0.1) is 22.6 Å². The number of rotatable bonds is 2. The first-order valence-electron chi connectivity index (χ1n) is 5.80. The maximum absolute atomic E-state index is 13.5. The van der Waals surface area contributed by atoms with Gasteiger partial charge in [0.25, 0.3) is 0 Å². The van der Waals surface area contributed by atoms with Crippen molar-refractivity contribution in [3.8, 4) is 22.9 Å². The lowest BCUT2D eigenvalue weighted by Crippen LogP contribution is -1.85. The van der Waals surface area contributed by atoms with Gasteiger partial charge in [-0.15, -0.1) is 0 Å². The Hall–Kier alpha value is -2.08. The average molecular weight is 337 g/mol. The van der Waals surface area contributed by atoms with Crippen LogP contribution in [0.1, 0.15) is 0 Å². The summed E-state index contributed by atoms with van der Waals surface area (Å²) >= 11 is 3.13. The molecule has 1 heterocycles. The number of nitrogens with zero attached hydrogens (tertiary/aromatic N) is 1. The van der Waals surface area contributed by atoms with Crippen LogP contribution in [0.3, 0.4) is 0 Å². The first-order chi connectivity index (χ1) is 9.58. The molecule has 4 nitrogen and oxygen atoms in total. The van der Waals surface area contributed by atoms with Gasteiger partial charge >= 0.3 is 0 Å². The predicted molar refractivity (Wildman–Crippen MR) is 77.4 cm³/mol. The van der Waals surface area contributed by atoms with Crippen LogP contribution in [-0.2, 0) is 0 Å². The Labute approximate surface area is 122 Å². The molecule has 3 rings (SSSR count). The molecule has 0 aliphatic carbocycles. The van der Waals surface area contributed by atoms with Gasteiger partial charge in [-0.25, -0.2) is 9.37 Å². The van der Waals surface area contributed by atoms with Crippen LogP contribution in [0.25, 0.3) is 22.4 Å². The number of benzene rings is 2. The lowest BCUT2D eigenvalue weighted by molar-refractivity contribution is 0.373. The van der Waals surface area contributed by atoms with Crippen LogP contribution >= 0.6 is 15.9 Å². The smallest absolute Gasteiger partial charge is 0.160 e. The molecule has 0 aliphatic rings. The second-order valence-electron chi connectivity index (χ2n) is 4.26. The third-order valence-corrected chi connectivity index (χ3v) is 3.58. The van der Waals surface area contributed by atoms with Gasteiger partial charge in [-0.3, -0.25) is 0 Å². The molecule has 2 aromatic carbocycles. The number of nitrogens with one attached hydrogen (secondary N) is 1. The van der Waals surface area contributed by atoms with Crippen LogP contribution in [0, 0.1) is 5.82 Å². The Kier molecular flexibility index (Phi) is 3.10. The fourth-order valence-corrected chi connectivity index (χ4v) is 2.31. The normalized spacial score (nSPS) is 10.9. The summed E-state index contributed by atoms with van der Waals surface area (Å²) in [5, 5.41) is 9.78. The fraction of sp³-hybridized carbons (Fsp3) is 0.0714. The van der Waals surface area contributed by atoms with Crippen LogP contribution < -0.4 is 4.74 Å². The van der Waals surface area contributed by atoms with Gasteiger partial charge in [0.1, 0.15) is 11.6 Å². The summed E-state index contributed by atoms with van der Waals surface area (Å²) in [6.45, 7) is 0. The van der Waals surface area contributed by atoms with E-state index in [-0.39, 0.29) is 11.6 Å². The largest absolute Gasteiger partial charge is 0.504 e.